The lowest BCUT2D eigenvalue weighted by Gasteiger charge is -2.30. The number of piperidine rings is 1. The summed E-state index contributed by atoms with van der Waals surface area (Å²) < 4.78 is 0. The highest BCUT2D eigenvalue weighted by Crippen LogP contribution is 2.40. The van der Waals surface area contributed by atoms with Gasteiger partial charge >= 0.3 is 0 Å². The maximum absolute atomic E-state index is 5.45. The molecule has 108 valence electrons. The van der Waals surface area contributed by atoms with Crippen molar-refractivity contribution in [3.63, 3.8) is 0 Å². The van der Waals surface area contributed by atoms with Crippen molar-refractivity contribution in [3.05, 3.63) is 35.9 Å². The molecular weight excluding hydrogens is 266 g/mol. The van der Waals surface area contributed by atoms with Gasteiger partial charge in [0.15, 0.2) is 5.11 Å². The zero-order valence-electron chi connectivity index (χ0n) is 12.0. The van der Waals surface area contributed by atoms with Gasteiger partial charge in [-0.25, -0.2) is 0 Å². The van der Waals surface area contributed by atoms with E-state index in [1.807, 2.05) is 0 Å². The molecule has 2 aliphatic rings. The number of nitrogens with zero attached hydrogens (tertiary/aromatic N) is 1. The molecule has 0 radical (unpaired) electrons. The van der Waals surface area contributed by atoms with Gasteiger partial charge in [-0.1, -0.05) is 30.3 Å². The maximum Gasteiger partial charge on any atom is 0.166 e. The molecule has 4 heteroatoms. The van der Waals surface area contributed by atoms with Crippen LogP contribution >= 0.6 is 12.2 Å². The highest BCUT2D eigenvalue weighted by molar-refractivity contribution is 7.80. The van der Waals surface area contributed by atoms with Gasteiger partial charge in [0, 0.05) is 18.0 Å². The van der Waals surface area contributed by atoms with Crippen molar-refractivity contribution >= 4 is 17.3 Å². The third-order valence-electron chi connectivity index (χ3n) is 4.39. The smallest absolute Gasteiger partial charge is 0.166 e. The van der Waals surface area contributed by atoms with Crippen LogP contribution in [0.2, 0.25) is 0 Å². The fourth-order valence-electron chi connectivity index (χ4n) is 2.97. The average Bonchev–Trinajstić information content (AvgIpc) is 3.21. The summed E-state index contributed by atoms with van der Waals surface area (Å²) in [6.45, 7) is 2.33. The molecule has 1 aliphatic carbocycles. The molecule has 0 aromatic heterocycles. The number of rotatable bonds is 3. The van der Waals surface area contributed by atoms with Gasteiger partial charge in [-0.2, -0.15) is 0 Å². The Hall–Kier alpha value is -1.13. The van der Waals surface area contributed by atoms with Crippen molar-refractivity contribution < 1.29 is 0 Å². The van der Waals surface area contributed by atoms with Crippen LogP contribution in [0.1, 0.15) is 30.7 Å². The van der Waals surface area contributed by atoms with Crippen molar-refractivity contribution in [1.82, 2.24) is 15.5 Å². The lowest BCUT2D eigenvalue weighted by Crippen LogP contribution is -2.47. The van der Waals surface area contributed by atoms with Crippen LogP contribution in [0.5, 0.6) is 0 Å². The average molecular weight is 289 g/mol. The van der Waals surface area contributed by atoms with Gasteiger partial charge in [0.2, 0.25) is 0 Å². The minimum absolute atomic E-state index is 0.517. The Kier molecular flexibility index (Phi) is 4.22. The first-order chi connectivity index (χ1) is 9.72. The highest BCUT2D eigenvalue weighted by Gasteiger charge is 2.38. The Balaban J connectivity index is 1.42. The van der Waals surface area contributed by atoms with E-state index in [1.54, 1.807) is 0 Å². The van der Waals surface area contributed by atoms with Crippen LogP contribution in [0.25, 0.3) is 0 Å². The van der Waals surface area contributed by atoms with Gasteiger partial charge in [0.25, 0.3) is 0 Å². The maximum atomic E-state index is 5.45. The van der Waals surface area contributed by atoms with Crippen LogP contribution < -0.4 is 10.6 Å². The summed E-state index contributed by atoms with van der Waals surface area (Å²) in [5.74, 6) is 0.633. The summed E-state index contributed by atoms with van der Waals surface area (Å²) >= 11 is 5.45. The van der Waals surface area contributed by atoms with Gasteiger partial charge in [-0.3, -0.25) is 0 Å². The number of thiocarbonyl (C=S) groups is 1. The molecule has 20 heavy (non-hydrogen) atoms. The van der Waals surface area contributed by atoms with Crippen LogP contribution in [-0.4, -0.2) is 42.2 Å². The summed E-state index contributed by atoms with van der Waals surface area (Å²) in [5, 5.41) is 7.78. The van der Waals surface area contributed by atoms with Crippen molar-refractivity contribution in [2.45, 2.75) is 37.3 Å². The largest absolute Gasteiger partial charge is 0.360 e. The quantitative estimate of drug-likeness (QED) is 0.833. The molecule has 0 spiro atoms. The second kappa shape index (κ2) is 6.10. The number of hydrogen-bond acceptors (Lipinski definition) is 2. The lowest BCUT2D eigenvalue weighted by atomic mass is 10.1. The third-order valence-corrected chi connectivity index (χ3v) is 4.62. The molecule has 1 saturated heterocycles. The summed E-state index contributed by atoms with van der Waals surface area (Å²) in [6.07, 6.45) is 3.56. The minimum atomic E-state index is 0.517. The SMILES string of the molecule is CN1CCC(NC(=S)N[C@H]2C[C@H]2c2ccccc2)CC1. The Bertz CT molecular complexity index is 454. The molecule has 0 amide bonds. The van der Waals surface area contributed by atoms with E-state index in [9.17, 15) is 0 Å². The molecule has 3 nitrogen and oxygen atoms in total. The van der Waals surface area contributed by atoms with Gasteiger partial charge in [-0.15, -0.1) is 0 Å². The normalized spacial score (nSPS) is 27.1. The van der Waals surface area contributed by atoms with E-state index in [2.05, 4.69) is 52.9 Å². The Morgan fingerprint density at radius 2 is 1.85 bits per heavy atom. The molecule has 1 saturated carbocycles. The molecular formula is C16H23N3S. The number of nitrogens with one attached hydrogen (secondary N) is 2. The van der Waals surface area contributed by atoms with E-state index in [0.717, 1.165) is 18.2 Å². The standard InChI is InChI=1S/C16H23N3S/c1-19-9-7-13(8-10-19)17-16(20)18-15-11-14(15)12-5-3-2-4-6-12/h2-6,13-15H,7-11H2,1H3,(H2,17,18,20)/t14-,15-/m0/s1. The highest BCUT2D eigenvalue weighted by atomic mass is 32.1. The van der Waals surface area contributed by atoms with E-state index in [4.69, 9.17) is 12.2 Å². The molecule has 2 N–H and O–H groups in total. The Morgan fingerprint density at radius 1 is 1.15 bits per heavy atom. The third kappa shape index (κ3) is 3.49. The molecule has 3 rings (SSSR count). The molecule has 1 aromatic rings. The zero-order valence-corrected chi connectivity index (χ0v) is 12.8. The van der Waals surface area contributed by atoms with E-state index < -0.39 is 0 Å². The molecule has 1 aromatic carbocycles. The van der Waals surface area contributed by atoms with E-state index in [-0.39, 0.29) is 0 Å². The summed E-state index contributed by atoms with van der Waals surface area (Å²) in [5.41, 5.74) is 1.42. The molecule has 2 fully saturated rings. The van der Waals surface area contributed by atoms with Gasteiger partial charge in [0.1, 0.15) is 0 Å². The van der Waals surface area contributed by atoms with Gasteiger partial charge in [-0.05, 0) is 57.2 Å². The van der Waals surface area contributed by atoms with E-state index in [1.165, 1.54) is 24.8 Å². The van der Waals surface area contributed by atoms with Crippen molar-refractivity contribution in [2.75, 3.05) is 20.1 Å². The fraction of sp³-hybridized carbons (Fsp3) is 0.562. The summed E-state index contributed by atoms with van der Waals surface area (Å²) in [7, 11) is 2.18. The van der Waals surface area contributed by atoms with Gasteiger partial charge in [0.05, 0.1) is 0 Å². The second-order valence-corrected chi connectivity index (χ2v) is 6.46. The van der Waals surface area contributed by atoms with E-state index in [0.29, 0.717) is 18.0 Å². The Morgan fingerprint density at radius 3 is 2.55 bits per heavy atom. The van der Waals surface area contributed by atoms with Crippen LogP contribution in [0.3, 0.4) is 0 Å². The predicted octanol–water partition coefficient (Wildman–Crippen LogP) is 2.10. The van der Waals surface area contributed by atoms with Crippen LogP contribution in [-0.2, 0) is 0 Å². The first-order valence-electron chi connectivity index (χ1n) is 7.53. The molecule has 2 atom stereocenters. The van der Waals surface area contributed by atoms with E-state index >= 15 is 0 Å². The van der Waals surface area contributed by atoms with Crippen LogP contribution in [0.4, 0.5) is 0 Å². The monoisotopic (exact) mass is 289 g/mol. The van der Waals surface area contributed by atoms with Crippen LogP contribution in [0, 0.1) is 0 Å². The number of hydrogen-bond donors (Lipinski definition) is 2. The van der Waals surface area contributed by atoms with Crippen LogP contribution in [0.15, 0.2) is 30.3 Å². The number of likely N-dealkylation sites (tertiary alicyclic amines) is 1. The van der Waals surface area contributed by atoms with Crippen molar-refractivity contribution in [1.29, 1.82) is 0 Å². The molecule has 0 bridgehead atoms. The first kappa shape index (κ1) is 13.8. The topological polar surface area (TPSA) is 27.3 Å². The fourth-order valence-corrected chi connectivity index (χ4v) is 3.29. The molecule has 1 aliphatic heterocycles. The molecule has 1 heterocycles. The second-order valence-electron chi connectivity index (χ2n) is 6.05. The summed E-state index contributed by atoms with van der Waals surface area (Å²) in [6, 6.07) is 11.8. The lowest BCUT2D eigenvalue weighted by molar-refractivity contribution is 0.246. The predicted molar refractivity (Wildman–Crippen MR) is 87.0 cm³/mol. The Labute approximate surface area is 126 Å². The van der Waals surface area contributed by atoms with Crippen molar-refractivity contribution in [3.8, 4) is 0 Å². The summed E-state index contributed by atoms with van der Waals surface area (Å²) in [4.78, 5) is 2.38. The first-order valence-corrected chi connectivity index (χ1v) is 7.94. The number of benzene rings is 1. The zero-order chi connectivity index (χ0) is 13.9. The van der Waals surface area contributed by atoms with Gasteiger partial charge < -0.3 is 15.5 Å². The minimum Gasteiger partial charge on any atom is -0.360 e. The molecule has 0 unspecified atom stereocenters. The van der Waals surface area contributed by atoms with Crippen molar-refractivity contribution in [2.24, 2.45) is 0 Å².